The van der Waals surface area contributed by atoms with Crippen molar-refractivity contribution >= 4 is 0 Å². The van der Waals surface area contributed by atoms with E-state index < -0.39 is 0 Å². The van der Waals surface area contributed by atoms with E-state index in [1.165, 1.54) is 0 Å². The maximum atomic E-state index is 5.26. The molecule has 2 heterocycles. The van der Waals surface area contributed by atoms with Gasteiger partial charge in [-0.1, -0.05) is 0 Å². The highest BCUT2D eigenvalue weighted by Crippen LogP contribution is 2.10. The molecule has 0 aromatic carbocycles. The minimum absolute atomic E-state index is 0.730. The van der Waals surface area contributed by atoms with E-state index in [1.54, 1.807) is 12.5 Å². The van der Waals surface area contributed by atoms with Crippen molar-refractivity contribution in [1.29, 1.82) is 0 Å². The van der Waals surface area contributed by atoms with Gasteiger partial charge < -0.3 is 9.73 Å². The maximum absolute atomic E-state index is 5.26. The monoisotopic (exact) mass is 177 g/mol. The lowest BCUT2D eigenvalue weighted by Gasteiger charge is -2.02. The van der Waals surface area contributed by atoms with Gasteiger partial charge in [-0.05, 0) is 13.1 Å². The highest BCUT2D eigenvalue weighted by Gasteiger charge is 2.04. The van der Waals surface area contributed by atoms with Crippen molar-refractivity contribution in [3.63, 3.8) is 0 Å². The number of aromatic nitrogens is 2. The van der Waals surface area contributed by atoms with Crippen LogP contribution >= 0.6 is 0 Å². The molecule has 0 bridgehead atoms. The summed E-state index contributed by atoms with van der Waals surface area (Å²) in [6.45, 7) is 0.730. The van der Waals surface area contributed by atoms with E-state index in [1.807, 2.05) is 29.9 Å². The van der Waals surface area contributed by atoms with Crippen LogP contribution in [-0.2, 0) is 6.54 Å². The van der Waals surface area contributed by atoms with Crippen molar-refractivity contribution in [2.45, 2.75) is 6.54 Å². The van der Waals surface area contributed by atoms with E-state index in [4.69, 9.17) is 4.42 Å². The predicted molar refractivity (Wildman–Crippen MR) is 48.6 cm³/mol. The Bertz CT molecular complexity index is 364. The Balaban J connectivity index is 2.35. The minimum atomic E-state index is 0.730. The van der Waals surface area contributed by atoms with Crippen LogP contribution in [-0.4, -0.2) is 16.6 Å². The average molecular weight is 177 g/mol. The number of imidazole rings is 1. The molecule has 0 unspecified atom stereocenters. The molecular weight excluding hydrogens is 166 g/mol. The Morgan fingerprint density at radius 1 is 1.62 bits per heavy atom. The number of hydrogen-bond acceptors (Lipinski definition) is 3. The molecular formula is C9H11N3O. The van der Waals surface area contributed by atoms with Gasteiger partial charge in [-0.15, -0.1) is 0 Å². The fourth-order valence-corrected chi connectivity index (χ4v) is 1.23. The number of hydrogen-bond donors (Lipinski definition) is 1. The first-order valence-corrected chi connectivity index (χ1v) is 4.12. The summed E-state index contributed by atoms with van der Waals surface area (Å²) in [6, 6.07) is 3.76. The van der Waals surface area contributed by atoms with E-state index in [0.29, 0.717) is 0 Å². The van der Waals surface area contributed by atoms with Crippen molar-refractivity contribution in [2.75, 3.05) is 7.05 Å². The molecule has 0 spiro atoms. The Morgan fingerprint density at radius 2 is 2.54 bits per heavy atom. The Labute approximate surface area is 76.2 Å². The number of rotatable bonds is 3. The third-order valence-corrected chi connectivity index (χ3v) is 1.80. The summed E-state index contributed by atoms with van der Waals surface area (Å²) >= 11 is 0. The average Bonchev–Trinajstić information content (AvgIpc) is 2.71. The Kier molecular flexibility index (Phi) is 2.14. The third kappa shape index (κ3) is 1.48. The molecule has 1 N–H and O–H groups in total. The second-order valence-corrected chi connectivity index (χ2v) is 2.70. The number of nitrogens with one attached hydrogen (secondary N) is 1. The van der Waals surface area contributed by atoms with Gasteiger partial charge in [-0.25, -0.2) is 4.98 Å². The summed E-state index contributed by atoms with van der Waals surface area (Å²) in [6.07, 6.45) is 5.29. The fraction of sp³-hybridized carbons (Fsp3) is 0.222. The highest BCUT2D eigenvalue weighted by molar-refractivity contribution is 5.20. The fourth-order valence-electron chi connectivity index (χ4n) is 1.23. The van der Waals surface area contributed by atoms with Gasteiger partial charge in [0.2, 0.25) is 5.88 Å². The first-order chi connectivity index (χ1) is 6.42. The smallest absolute Gasteiger partial charge is 0.204 e. The number of nitrogens with zero attached hydrogens (tertiary/aromatic N) is 2. The summed E-state index contributed by atoms with van der Waals surface area (Å²) in [4.78, 5) is 4.20. The zero-order chi connectivity index (χ0) is 9.10. The minimum Gasteiger partial charge on any atom is -0.448 e. The van der Waals surface area contributed by atoms with Gasteiger partial charge >= 0.3 is 0 Å². The molecule has 0 atom stereocenters. The van der Waals surface area contributed by atoms with E-state index in [2.05, 4.69) is 10.3 Å². The predicted octanol–water partition coefficient (Wildman–Crippen LogP) is 1.18. The molecule has 4 nitrogen and oxygen atoms in total. The summed E-state index contributed by atoms with van der Waals surface area (Å²) in [7, 11) is 1.89. The third-order valence-electron chi connectivity index (χ3n) is 1.80. The van der Waals surface area contributed by atoms with Crippen LogP contribution < -0.4 is 5.32 Å². The molecule has 68 valence electrons. The maximum Gasteiger partial charge on any atom is 0.204 e. The van der Waals surface area contributed by atoms with Gasteiger partial charge in [-0.3, -0.25) is 4.57 Å². The van der Waals surface area contributed by atoms with Crippen LogP contribution in [0.5, 0.6) is 0 Å². The van der Waals surface area contributed by atoms with Gasteiger partial charge in [0.05, 0.1) is 12.8 Å². The van der Waals surface area contributed by atoms with Crippen molar-refractivity contribution < 1.29 is 4.42 Å². The van der Waals surface area contributed by atoms with E-state index >= 15 is 0 Å². The van der Waals surface area contributed by atoms with Crippen LogP contribution in [0.25, 0.3) is 5.88 Å². The molecule has 0 saturated heterocycles. The molecule has 0 radical (unpaired) electrons. The molecule has 0 aliphatic carbocycles. The SMILES string of the molecule is CNCc1nccn1-c1ccco1. The second kappa shape index (κ2) is 3.45. The van der Waals surface area contributed by atoms with Crippen LogP contribution in [0.15, 0.2) is 35.2 Å². The van der Waals surface area contributed by atoms with Crippen LogP contribution in [0.2, 0.25) is 0 Å². The van der Waals surface area contributed by atoms with Crippen LogP contribution in [0.3, 0.4) is 0 Å². The molecule has 0 aliphatic rings. The van der Waals surface area contributed by atoms with Crippen molar-refractivity contribution in [3.05, 3.63) is 36.6 Å². The molecule has 13 heavy (non-hydrogen) atoms. The summed E-state index contributed by atoms with van der Waals surface area (Å²) in [5.41, 5.74) is 0. The Morgan fingerprint density at radius 3 is 3.23 bits per heavy atom. The van der Waals surface area contributed by atoms with E-state index in [9.17, 15) is 0 Å². The molecule has 0 aliphatic heterocycles. The molecule has 0 amide bonds. The standard InChI is InChI=1S/C9H11N3O/c1-10-7-8-11-4-5-12(8)9-3-2-6-13-9/h2-6,10H,7H2,1H3. The van der Waals surface area contributed by atoms with Gasteiger partial charge in [0.25, 0.3) is 0 Å². The summed E-state index contributed by atoms with van der Waals surface area (Å²) < 4.78 is 7.17. The topological polar surface area (TPSA) is 43.0 Å². The molecule has 0 saturated carbocycles. The first-order valence-electron chi connectivity index (χ1n) is 4.12. The van der Waals surface area contributed by atoms with Crippen molar-refractivity contribution in [2.24, 2.45) is 0 Å². The lowest BCUT2D eigenvalue weighted by Crippen LogP contribution is -2.10. The zero-order valence-corrected chi connectivity index (χ0v) is 7.40. The van der Waals surface area contributed by atoms with Crippen LogP contribution in [0, 0.1) is 0 Å². The van der Waals surface area contributed by atoms with E-state index in [0.717, 1.165) is 18.3 Å². The Hall–Kier alpha value is -1.55. The van der Waals surface area contributed by atoms with Gasteiger partial charge in [-0.2, -0.15) is 0 Å². The highest BCUT2D eigenvalue weighted by atomic mass is 16.3. The van der Waals surface area contributed by atoms with Crippen molar-refractivity contribution in [1.82, 2.24) is 14.9 Å². The molecule has 0 fully saturated rings. The number of furan rings is 1. The lowest BCUT2D eigenvalue weighted by molar-refractivity contribution is 0.529. The molecule has 2 aromatic heterocycles. The van der Waals surface area contributed by atoms with Crippen LogP contribution in [0.4, 0.5) is 0 Å². The van der Waals surface area contributed by atoms with E-state index in [-0.39, 0.29) is 0 Å². The molecule has 2 rings (SSSR count). The lowest BCUT2D eigenvalue weighted by atomic mass is 10.5. The van der Waals surface area contributed by atoms with Gasteiger partial charge in [0.15, 0.2) is 0 Å². The van der Waals surface area contributed by atoms with Crippen molar-refractivity contribution in [3.8, 4) is 5.88 Å². The second-order valence-electron chi connectivity index (χ2n) is 2.70. The summed E-state index contributed by atoms with van der Waals surface area (Å²) in [5, 5.41) is 3.05. The largest absolute Gasteiger partial charge is 0.448 e. The molecule has 2 aromatic rings. The molecule has 4 heteroatoms. The zero-order valence-electron chi connectivity index (χ0n) is 7.40. The van der Waals surface area contributed by atoms with Crippen LogP contribution in [0.1, 0.15) is 5.82 Å². The van der Waals surface area contributed by atoms with Gasteiger partial charge in [0.1, 0.15) is 5.82 Å². The normalized spacial score (nSPS) is 10.5. The summed E-state index contributed by atoms with van der Waals surface area (Å²) in [5.74, 6) is 1.74. The first kappa shape index (κ1) is 8.07. The van der Waals surface area contributed by atoms with Gasteiger partial charge in [0, 0.05) is 18.5 Å². The quantitative estimate of drug-likeness (QED) is 0.765.